The van der Waals surface area contributed by atoms with Crippen LogP contribution in [0.1, 0.15) is 32.6 Å². The zero-order valence-corrected chi connectivity index (χ0v) is 6.52. The van der Waals surface area contributed by atoms with Crippen molar-refractivity contribution in [1.29, 1.82) is 0 Å². The molecule has 10 heavy (non-hydrogen) atoms. The van der Waals surface area contributed by atoms with Gasteiger partial charge in [0.25, 0.3) is 0 Å². The van der Waals surface area contributed by atoms with E-state index in [1.165, 1.54) is 6.42 Å². The Kier molecular flexibility index (Phi) is 2.87. The van der Waals surface area contributed by atoms with E-state index in [1.54, 1.807) is 0 Å². The monoisotopic (exact) mass is 141 g/mol. The molecule has 1 N–H and O–H groups in total. The summed E-state index contributed by atoms with van der Waals surface area (Å²) in [6, 6.07) is 0.194. The van der Waals surface area contributed by atoms with Gasteiger partial charge in [-0.3, -0.25) is 4.79 Å². The van der Waals surface area contributed by atoms with Crippen LogP contribution in [0.25, 0.3) is 0 Å². The predicted molar refractivity (Wildman–Crippen MR) is 40.9 cm³/mol. The highest BCUT2D eigenvalue weighted by atomic mass is 16.1. The van der Waals surface area contributed by atoms with E-state index in [0.29, 0.717) is 5.78 Å². The van der Waals surface area contributed by atoms with Crippen LogP contribution in [-0.4, -0.2) is 18.4 Å². The Balaban J connectivity index is 2.25. The zero-order chi connectivity index (χ0) is 7.40. The van der Waals surface area contributed by atoms with Crippen LogP contribution in [0.15, 0.2) is 0 Å². The second kappa shape index (κ2) is 3.71. The Morgan fingerprint density at radius 1 is 1.70 bits per heavy atom. The lowest BCUT2D eigenvalue weighted by Gasteiger charge is -2.06. The first-order chi connectivity index (χ1) is 4.84. The summed E-state index contributed by atoms with van der Waals surface area (Å²) in [7, 11) is 0. The van der Waals surface area contributed by atoms with E-state index < -0.39 is 0 Å². The number of carbonyl (C=O) groups excluding carboxylic acids is 1. The van der Waals surface area contributed by atoms with Crippen LogP contribution >= 0.6 is 0 Å². The fraction of sp³-hybridized carbons (Fsp3) is 0.875. The Hall–Kier alpha value is -0.370. The molecule has 0 aliphatic carbocycles. The molecule has 0 unspecified atom stereocenters. The minimum Gasteiger partial charge on any atom is -0.307 e. The van der Waals surface area contributed by atoms with E-state index in [2.05, 4.69) is 5.32 Å². The first-order valence-electron chi connectivity index (χ1n) is 4.10. The van der Waals surface area contributed by atoms with Gasteiger partial charge in [-0.25, -0.2) is 0 Å². The molecule has 1 heterocycles. The first-order valence-corrected chi connectivity index (χ1v) is 4.10. The molecule has 1 rings (SSSR count). The van der Waals surface area contributed by atoms with Gasteiger partial charge in [-0.15, -0.1) is 0 Å². The van der Waals surface area contributed by atoms with Gasteiger partial charge >= 0.3 is 0 Å². The third-order valence-electron chi connectivity index (χ3n) is 1.95. The van der Waals surface area contributed by atoms with Crippen LogP contribution in [-0.2, 0) is 4.79 Å². The van der Waals surface area contributed by atoms with Crippen molar-refractivity contribution >= 4 is 5.78 Å². The molecule has 2 nitrogen and oxygen atoms in total. The fourth-order valence-corrected chi connectivity index (χ4v) is 1.38. The predicted octanol–water partition coefficient (Wildman–Crippen LogP) is 1.11. The van der Waals surface area contributed by atoms with Crippen molar-refractivity contribution in [2.75, 3.05) is 6.54 Å². The third kappa shape index (κ3) is 1.81. The van der Waals surface area contributed by atoms with E-state index in [-0.39, 0.29) is 6.04 Å². The Bertz CT molecular complexity index is 116. The topological polar surface area (TPSA) is 29.1 Å². The molecule has 58 valence electrons. The molecule has 1 saturated heterocycles. The first kappa shape index (κ1) is 7.73. The molecule has 0 saturated carbocycles. The molecule has 0 aromatic rings. The van der Waals surface area contributed by atoms with E-state index in [0.717, 1.165) is 25.8 Å². The molecular formula is C8H15NO. The Labute approximate surface area is 62.0 Å². The maximum Gasteiger partial charge on any atom is 0.149 e. The molecule has 0 bridgehead atoms. The molecular weight excluding hydrogens is 126 g/mol. The number of rotatable bonds is 3. The van der Waals surface area contributed by atoms with Gasteiger partial charge in [0.05, 0.1) is 6.04 Å². The van der Waals surface area contributed by atoms with Crippen LogP contribution in [0.4, 0.5) is 0 Å². The van der Waals surface area contributed by atoms with Crippen molar-refractivity contribution in [3.8, 4) is 0 Å². The third-order valence-corrected chi connectivity index (χ3v) is 1.95. The summed E-state index contributed by atoms with van der Waals surface area (Å²) in [5.74, 6) is 0.403. The van der Waals surface area contributed by atoms with Crippen molar-refractivity contribution in [3.05, 3.63) is 0 Å². The number of Topliss-reactive ketones (excluding diaryl/α,β-unsaturated/α-hetero) is 1. The normalized spacial score (nSPS) is 25.1. The van der Waals surface area contributed by atoms with Crippen molar-refractivity contribution in [2.45, 2.75) is 38.6 Å². The summed E-state index contributed by atoms with van der Waals surface area (Å²) in [4.78, 5) is 11.2. The van der Waals surface area contributed by atoms with Crippen molar-refractivity contribution in [3.63, 3.8) is 0 Å². The average Bonchev–Trinajstić information content (AvgIpc) is 2.38. The maximum atomic E-state index is 11.2. The molecule has 1 atom stereocenters. The summed E-state index contributed by atoms with van der Waals surface area (Å²) in [5, 5.41) is 3.19. The average molecular weight is 141 g/mol. The Morgan fingerprint density at radius 2 is 2.50 bits per heavy atom. The number of hydrogen-bond acceptors (Lipinski definition) is 2. The lowest BCUT2D eigenvalue weighted by Crippen LogP contribution is -2.30. The van der Waals surface area contributed by atoms with Crippen molar-refractivity contribution in [1.82, 2.24) is 5.32 Å². The number of nitrogens with one attached hydrogen (secondary N) is 1. The summed E-state index contributed by atoms with van der Waals surface area (Å²) < 4.78 is 0. The highest BCUT2D eigenvalue weighted by Crippen LogP contribution is 2.08. The van der Waals surface area contributed by atoms with Crippen molar-refractivity contribution < 1.29 is 4.79 Å². The van der Waals surface area contributed by atoms with Crippen LogP contribution in [0.2, 0.25) is 0 Å². The van der Waals surface area contributed by atoms with Gasteiger partial charge in [-0.1, -0.05) is 6.92 Å². The van der Waals surface area contributed by atoms with Gasteiger partial charge < -0.3 is 5.32 Å². The summed E-state index contributed by atoms with van der Waals surface area (Å²) >= 11 is 0. The molecule has 0 spiro atoms. The van der Waals surface area contributed by atoms with Crippen LogP contribution in [0.3, 0.4) is 0 Å². The van der Waals surface area contributed by atoms with Gasteiger partial charge in [0.2, 0.25) is 0 Å². The maximum absolute atomic E-state index is 11.2. The molecule has 2 heteroatoms. The van der Waals surface area contributed by atoms with Gasteiger partial charge in [-0.2, -0.15) is 0 Å². The van der Waals surface area contributed by atoms with E-state index in [4.69, 9.17) is 0 Å². The molecule has 1 fully saturated rings. The van der Waals surface area contributed by atoms with E-state index in [9.17, 15) is 4.79 Å². The van der Waals surface area contributed by atoms with Gasteiger partial charge in [-0.05, 0) is 25.8 Å². The van der Waals surface area contributed by atoms with E-state index in [1.807, 2.05) is 6.92 Å². The van der Waals surface area contributed by atoms with Crippen LogP contribution in [0, 0.1) is 0 Å². The molecule has 0 radical (unpaired) electrons. The number of ketones is 1. The van der Waals surface area contributed by atoms with Crippen LogP contribution in [0.5, 0.6) is 0 Å². The second-order valence-electron chi connectivity index (χ2n) is 2.87. The SMILES string of the molecule is CCCC(=O)[C@@H]1CCCN1. The Morgan fingerprint density at radius 3 is 3.00 bits per heavy atom. The smallest absolute Gasteiger partial charge is 0.149 e. The largest absolute Gasteiger partial charge is 0.307 e. The highest BCUT2D eigenvalue weighted by molar-refractivity contribution is 5.84. The lowest BCUT2D eigenvalue weighted by molar-refractivity contribution is -0.120. The summed E-state index contributed by atoms with van der Waals surface area (Å²) in [6.45, 7) is 3.08. The molecule has 0 aromatic carbocycles. The summed E-state index contributed by atoms with van der Waals surface area (Å²) in [5.41, 5.74) is 0. The highest BCUT2D eigenvalue weighted by Gasteiger charge is 2.20. The minimum atomic E-state index is 0.194. The molecule has 0 amide bonds. The lowest BCUT2D eigenvalue weighted by atomic mass is 10.1. The standard InChI is InChI=1S/C8H15NO/c1-2-4-8(10)7-5-3-6-9-7/h7,9H,2-6H2,1H3/t7-/m0/s1. The summed E-state index contributed by atoms with van der Waals surface area (Å²) in [6.07, 6.45) is 3.95. The van der Waals surface area contributed by atoms with Crippen molar-refractivity contribution in [2.24, 2.45) is 0 Å². The molecule has 1 aliphatic rings. The fourth-order valence-electron chi connectivity index (χ4n) is 1.38. The quantitative estimate of drug-likeness (QED) is 0.638. The van der Waals surface area contributed by atoms with Gasteiger partial charge in [0, 0.05) is 6.42 Å². The van der Waals surface area contributed by atoms with Gasteiger partial charge in [0.15, 0.2) is 0 Å². The van der Waals surface area contributed by atoms with E-state index >= 15 is 0 Å². The molecule has 1 aliphatic heterocycles. The number of carbonyl (C=O) groups is 1. The van der Waals surface area contributed by atoms with Gasteiger partial charge in [0.1, 0.15) is 5.78 Å². The molecule has 0 aromatic heterocycles. The van der Waals surface area contributed by atoms with Crippen LogP contribution < -0.4 is 5.32 Å². The number of hydrogen-bond donors (Lipinski definition) is 1. The minimum absolute atomic E-state index is 0.194. The second-order valence-corrected chi connectivity index (χ2v) is 2.87. The zero-order valence-electron chi connectivity index (χ0n) is 6.52.